The molecule has 0 radical (unpaired) electrons. The summed E-state index contributed by atoms with van der Waals surface area (Å²) >= 11 is 5.31. The molecule has 2 amide bonds. The fraction of sp³-hybridized carbons (Fsp3) is 0. The van der Waals surface area contributed by atoms with Gasteiger partial charge in [-0.05, 0) is 59.4 Å². The molecule has 0 atom stereocenters. The molecule has 152 valence electrons. The van der Waals surface area contributed by atoms with Gasteiger partial charge in [0.2, 0.25) is 0 Å². The topological polar surface area (TPSA) is 70.2 Å². The molecular weight excluding hydrogens is 406 g/mol. The normalized spacial score (nSPS) is 10.3. The Morgan fingerprint density at radius 3 is 2.10 bits per heavy atom. The molecule has 6 heteroatoms. The summed E-state index contributed by atoms with van der Waals surface area (Å²) < 4.78 is 0. The van der Waals surface area contributed by atoms with Crippen molar-refractivity contribution < 1.29 is 9.59 Å². The zero-order valence-electron chi connectivity index (χ0n) is 16.5. The van der Waals surface area contributed by atoms with Gasteiger partial charge in [0.05, 0.1) is 0 Å². The van der Waals surface area contributed by atoms with Crippen LogP contribution in [0.5, 0.6) is 0 Å². The van der Waals surface area contributed by atoms with Crippen molar-refractivity contribution in [1.29, 1.82) is 0 Å². The lowest BCUT2D eigenvalue weighted by Crippen LogP contribution is -2.34. The molecule has 0 fully saturated rings. The van der Waals surface area contributed by atoms with Crippen molar-refractivity contribution in [2.75, 3.05) is 10.6 Å². The maximum atomic E-state index is 12.7. The molecule has 0 aromatic heterocycles. The van der Waals surface area contributed by atoms with E-state index in [1.165, 1.54) is 0 Å². The summed E-state index contributed by atoms with van der Waals surface area (Å²) in [5.41, 5.74) is 2.38. The molecule has 0 aliphatic heterocycles. The number of carbonyl (C=O) groups excluding carboxylic acids is 2. The van der Waals surface area contributed by atoms with E-state index in [4.69, 9.17) is 12.2 Å². The van der Waals surface area contributed by atoms with Crippen LogP contribution in [0.4, 0.5) is 11.4 Å². The second-order valence-corrected chi connectivity index (χ2v) is 7.24. The maximum absolute atomic E-state index is 12.7. The molecule has 3 N–H and O–H groups in total. The van der Waals surface area contributed by atoms with Gasteiger partial charge in [0.1, 0.15) is 0 Å². The number of fused-ring (bicyclic) bond motifs is 1. The molecule has 0 bridgehead atoms. The van der Waals surface area contributed by atoms with Gasteiger partial charge < -0.3 is 10.6 Å². The van der Waals surface area contributed by atoms with E-state index in [1.54, 1.807) is 42.5 Å². The molecule has 0 saturated carbocycles. The summed E-state index contributed by atoms with van der Waals surface area (Å²) in [5, 5.41) is 10.6. The van der Waals surface area contributed by atoms with Crippen LogP contribution in [0.25, 0.3) is 10.8 Å². The quantitative estimate of drug-likeness (QED) is 0.392. The van der Waals surface area contributed by atoms with Gasteiger partial charge in [0.15, 0.2) is 5.11 Å². The summed E-state index contributed by atoms with van der Waals surface area (Å²) in [6.45, 7) is 0. The minimum absolute atomic E-state index is 0.171. The molecular formula is C25H19N3O2S. The summed E-state index contributed by atoms with van der Waals surface area (Å²) in [4.78, 5) is 25.1. The highest BCUT2D eigenvalue weighted by atomic mass is 32.1. The largest absolute Gasteiger partial charge is 0.332 e. The third-order valence-electron chi connectivity index (χ3n) is 4.68. The van der Waals surface area contributed by atoms with E-state index in [9.17, 15) is 9.59 Å². The van der Waals surface area contributed by atoms with Gasteiger partial charge >= 0.3 is 0 Å². The Labute approximate surface area is 185 Å². The summed E-state index contributed by atoms with van der Waals surface area (Å²) in [6, 6.07) is 29.3. The number of hydrogen-bond acceptors (Lipinski definition) is 3. The van der Waals surface area contributed by atoms with Crippen LogP contribution in [-0.2, 0) is 0 Å². The number of thiocarbonyl (C=S) groups is 1. The highest BCUT2D eigenvalue weighted by Crippen LogP contribution is 2.19. The van der Waals surface area contributed by atoms with Crippen molar-refractivity contribution in [2.45, 2.75) is 0 Å². The van der Waals surface area contributed by atoms with Gasteiger partial charge in [-0.1, -0.05) is 60.7 Å². The highest BCUT2D eigenvalue weighted by molar-refractivity contribution is 7.80. The summed E-state index contributed by atoms with van der Waals surface area (Å²) in [6.07, 6.45) is 0. The monoisotopic (exact) mass is 425 g/mol. The predicted octanol–water partition coefficient (Wildman–Crippen LogP) is 5.22. The second kappa shape index (κ2) is 9.19. The zero-order valence-corrected chi connectivity index (χ0v) is 17.3. The molecule has 0 unspecified atom stereocenters. The molecule has 0 heterocycles. The van der Waals surface area contributed by atoms with Crippen molar-refractivity contribution >= 4 is 51.3 Å². The SMILES string of the molecule is O=C(Nc1cccc(NC(=S)NC(=O)c2cccc3ccccc23)c1)c1ccccc1. The number of carbonyl (C=O) groups is 2. The van der Waals surface area contributed by atoms with Gasteiger partial charge in [0, 0.05) is 22.5 Å². The highest BCUT2D eigenvalue weighted by Gasteiger charge is 2.12. The van der Waals surface area contributed by atoms with Crippen LogP contribution in [0.15, 0.2) is 97.1 Å². The molecule has 4 aromatic rings. The number of nitrogens with one attached hydrogen (secondary N) is 3. The fourth-order valence-electron chi connectivity index (χ4n) is 3.22. The molecule has 0 aliphatic carbocycles. The van der Waals surface area contributed by atoms with Crippen LogP contribution < -0.4 is 16.0 Å². The van der Waals surface area contributed by atoms with E-state index in [-0.39, 0.29) is 16.9 Å². The van der Waals surface area contributed by atoms with E-state index < -0.39 is 0 Å². The number of hydrogen-bond donors (Lipinski definition) is 3. The van der Waals surface area contributed by atoms with Gasteiger partial charge in [-0.25, -0.2) is 0 Å². The van der Waals surface area contributed by atoms with Gasteiger partial charge in [-0.2, -0.15) is 0 Å². The minimum Gasteiger partial charge on any atom is -0.332 e. The van der Waals surface area contributed by atoms with Crippen LogP contribution in [-0.4, -0.2) is 16.9 Å². The van der Waals surface area contributed by atoms with Crippen LogP contribution in [0.3, 0.4) is 0 Å². The molecule has 4 aromatic carbocycles. The first kappa shape index (κ1) is 20.3. The van der Waals surface area contributed by atoms with Crippen molar-refractivity contribution in [2.24, 2.45) is 0 Å². The van der Waals surface area contributed by atoms with Crippen LogP contribution >= 0.6 is 12.2 Å². The number of amides is 2. The van der Waals surface area contributed by atoms with Gasteiger partial charge in [-0.3, -0.25) is 14.9 Å². The molecule has 0 saturated heterocycles. The summed E-state index contributed by atoms with van der Waals surface area (Å²) in [5.74, 6) is -0.493. The number of benzene rings is 4. The first-order chi connectivity index (χ1) is 15.1. The Bertz CT molecular complexity index is 1270. The van der Waals surface area contributed by atoms with E-state index in [0.29, 0.717) is 22.5 Å². The number of rotatable bonds is 4. The molecule has 4 rings (SSSR count). The van der Waals surface area contributed by atoms with Crippen LogP contribution in [0.2, 0.25) is 0 Å². The lowest BCUT2D eigenvalue weighted by atomic mass is 10.0. The average Bonchev–Trinajstić information content (AvgIpc) is 2.79. The van der Waals surface area contributed by atoms with E-state index in [2.05, 4.69) is 16.0 Å². The van der Waals surface area contributed by atoms with Crippen molar-refractivity contribution in [3.05, 3.63) is 108 Å². The Hall–Kier alpha value is -4.03. The zero-order chi connectivity index (χ0) is 21.6. The molecule has 0 aliphatic rings. The van der Waals surface area contributed by atoms with Crippen molar-refractivity contribution in [1.82, 2.24) is 5.32 Å². The van der Waals surface area contributed by atoms with Crippen LogP contribution in [0.1, 0.15) is 20.7 Å². The third-order valence-corrected chi connectivity index (χ3v) is 4.88. The molecule has 5 nitrogen and oxygen atoms in total. The fourth-order valence-corrected chi connectivity index (χ4v) is 3.43. The third kappa shape index (κ3) is 4.94. The molecule has 31 heavy (non-hydrogen) atoms. The first-order valence-corrected chi connectivity index (χ1v) is 10.1. The van der Waals surface area contributed by atoms with Gasteiger partial charge in [-0.15, -0.1) is 0 Å². The van der Waals surface area contributed by atoms with Crippen molar-refractivity contribution in [3.8, 4) is 0 Å². The van der Waals surface area contributed by atoms with E-state index in [0.717, 1.165) is 10.8 Å². The Balaban J connectivity index is 1.42. The minimum atomic E-state index is -0.289. The number of anilines is 2. The average molecular weight is 426 g/mol. The standard InChI is InChI=1S/C25H19N3O2S/c29-23(18-9-2-1-3-10-18)26-19-12-7-13-20(16-19)27-25(31)28-24(30)22-15-6-11-17-8-4-5-14-21(17)22/h1-16H,(H,26,29)(H2,27,28,30,31). The maximum Gasteiger partial charge on any atom is 0.258 e. The first-order valence-electron chi connectivity index (χ1n) is 9.67. The summed E-state index contributed by atoms with van der Waals surface area (Å²) in [7, 11) is 0. The smallest absolute Gasteiger partial charge is 0.258 e. The van der Waals surface area contributed by atoms with E-state index >= 15 is 0 Å². The van der Waals surface area contributed by atoms with Gasteiger partial charge in [0.25, 0.3) is 11.8 Å². The molecule has 0 spiro atoms. The van der Waals surface area contributed by atoms with Crippen LogP contribution in [0, 0.1) is 0 Å². The lowest BCUT2D eigenvalue weighted by molar-refractivity contribution is 0.0978. The van der Waals surface area contributed by atoms with Crippen molar-refractivity contribution in [3.63, 3.8) is 0 Å². The Kier molecular flexibility index (Phi) is 6.01. The van der Waals surface area contributed by atoms with E-state index in [1.807, 2.05) is 54.6 Å². The Morgan fingerprint density at radius 1 is 0.645 bits per heavy atom. The Morgan fingerprint density at radius 2 is 1.29 bits per heavy atom. The predicted molar refractivity (Wildman–Crippen MR) is 128 cm³/mol. The second-order valence-electron chi connectivity index (χ2n) is 6.84. The lowest BCUT2D eigenvalue weighted by Gasteiger charge is -2.12.